The molecule has 1 aromatic rings. The summed E-state index contributed by atoms with van der Waals surface area (Å²) < 4.78 is 11.2. The van der Waals surface area contributed by atoms with Crippen LogP contribution in [0.25, 0.3) is 0 Å². The van der Waals surface area contributed by atoms with E-state index < -0.39 is 24.4 Å². The Labute approximate surface area is 173 Å². The van der Waals surface area contributed by atoms with Crippen molar-refractivity contribution in [2.75, 3.05) is 13.7 Å². The molecule has 0 aliphatic carbocycles. The Bertz CT molecular complexity index is 708. The molecule has 4 atom stereocenters. The highest BCUT2D eigenvalue weighted by Crippen LogP contribution is 2.27. The van der Waals surface area contributed by atoms with Gasteiger partial charge in [-0.3, -0.25) is 0 Å². The van der Waals surface area contributed by atoms with E-state index >= 15 is 0 Å². The van der Waals surface area contributed by atoms with Crippen molar-refractivity contribution >= 4 is 11.6 Å². The molecule has 0 spiro atoms. The third-order valence-electron chi connectivity index (χ3n) is 5.11. The molecular weight excluding hydrogens is 376 g/mol. The van der Waals surface area contributed by atoms with Crippen molar-refractivity contribution in [1.29, 1.82) is 0 Å². The number of aliphatic hydroxyl groups excluding tert-OH is 2. The van der Waals surface area contributed by atoms with Gasteiger partial charge in [0.15, 0.2) is 0 Å². The van der Waals surface area contributed by atoms with Gasteiger partial charge in [-0.05, 0) is 42.5 Å². The van der Waals surface area contributed by atoms with Crippen LogP contribution in [0.3, 0.4) is 0 Å². The van der Waals surface area contributed by atoms with Gasteiger partial charge in [0.05, 0.1) is 18.8 Å². The van der Waals surface area contributed by atoms with Gasteiger partial charge in [0, 0.05) is 18.6 Å². The van der Waals surface area contributed by atoms with Crippen LogP contribution in [0.5, 0.6) is 0 Å². The fourth-order valence-corrected chi connectivity index (χ4v) is 3.47. The van der Waals surface area contributed by atoms with Crippen LogP contribution in [0.1, 0.15) is 31.4 Å². The van der Waals surface area contributed by atoms with E-state index in [4.69, 9.17) is 21.1 Å². The first-order chi connectivity index (χ1) is 13.4. The van der Waals surface area contributed by atoms with E-state index in [2.05, 4.69) is 37.8 Å². The van der Waals surface area contributed by atoms with Gasteiger partial charge in [0.2, 0.25) is 0 Å². The predicted molar refractivity (Wildman–Crippen MR) is 114 cm³/mol. The molecule has 1 heterocycles. The zero-order valence-corrected chi connectivity index (χ0v) is 17.7. The van der Waals surface area contributed by atoms with Crippen LogP contribution in [0.15, 0.2) is 59.2 Å². The summed E-state index contributed by atoms with van der Waals surface area (Å²) in [7, 11) is 1.53. The third-order valence-corrected chi connectivity index (χ3v) is 5.56. The normalized spacial score (nSPS) is 26.4. The van der Waals surface area contributed by atoms with Crippen LogP contribution in [-0.2, 0) is 22.3 Å². The molecular formula is C23H31ClO4. The lowest BCUT2D eigenvalue weighted by Gasteiger charge is -2.38. The molecule has 0 radical (unpaired) electrons. The number of aryl methyl sites for hydroxylation is 1. The number of halogens is 1. The van der Waals surface area contributed by atoms with Gasteiger partial charge in [-0.15, -0.1) is 0 Å². The van der Waals surface area contributed by atoms with Crippen LogP contribution in [-0.4, -0.2) is 48.3 Å². The fourth-order valence-electron chi connectivity index (χ4n) is 3.34. The highest BCUT2D eigenvalue weighted by atomic mass is 35.5. The van der Waals surface area contributed by atoms with Gasteiger partial charge in [-0.2, -0.15) is 0 Å². The maximum Gasteiger partial charge on any atom is 0.113 e. The lowest BCUT2D eigenvalue weighted by molar-refractivity contribution is -0.172. The van der Waals surface area contributed by atoms with Crippen LogP contribution in [0.2, 0.25) is 0 Å². The minimum Gasteiger partial charge on any atom is -0.394 e. The standard InChI is InChI=1S/C23H31ClO4/c1-5-17-7-9-18(10-8-17)12-16(3)20(24)11-6-15(2)22-23(27-4)21(26)13-19(14-25)28-22/h6-11,19,21-23,25-26H,2,5,12-14H2,1,3-4H3/b11-6-,20-16-/t19-,21-,22-,23+/m0/s1. The maximum atomic E-state index is 10.2. The third kappa shape index (κ3) is 6.03. The average molecular weight is 407 g/mol. The number of allylic oxidation sites excluding steroid dienone is 3. The highest BCUT2D eigenvalue weighted by molar-refractivity contribution is 6.31. The molecule has 1 saturated heterocycles. The summed E-state index contributed by atoms with van der Waals surface area (Å²) in [5, 5.41) is 20.3. The zero-order valence-electron chi connectivity index (χ0n) is 16.9. The van der Waals surface area contributed by atoms with E-state index in [9.17, 15) is 10.2 Å². The van der Waals surface area contributed by atoms with Crippen LogP contribution in [0, 0.1) is 0 Å². The first kappa shape index (κ1) is 22.9. The summed E-state index contributed by atoms with van der Waals surface area (Å²) in [6, 6.07) is 8.54. The SMILES string of the molecule is C=C(/C=C\C(Cl)=C(/C)Cc1ccc(CC)cc1)[C@@H]1O[C@H](CO)C[C@H](O)[C@H]1OC. The highest BCUT2D eigenvalue weighted by Gasteiger charge is 2.38. The van der Waals surface area contributed by atoms with Crippen molar-refractivity contribution < 1.29 is 19.7 Å². The molecule has 0 saturated carbocycles. The van der Waals surface area contributed by atoms with E-state index in [1.165, 1.54) is 18.2 Å². The van der Waals surface area contributed by atoms with Gasteiger partial charge in [0.1, 0.15) is 12.2 Å². The number of benzene rings is 1. The summed E-state index contributed by atoms with van der Waals surface area (Å²) in [4.78, 5) is 0. The number of hydrogen-bond donors (Lipinski definition) is 2. The average Bonchev–Trinajstić information content (AvgIpc) is 2.71. The van der Waals surface area contributed by atoms with E-state index in [1.54, 1.807) is 12.2 Å². The zero-order chi connectivity index (χ0) is 20.7. The molecule has 0 unspecified atom stereocenters. The summed E-state index contributed by atoms with van der Waals surface area (Å²) in [5.74, 6) is 0. The first-order valence-corrected chi connectivity index (χ1v) is 10.0. The minimum atomic E-state index is -0.718. The van der Waals surface area contributed by atoms with Gasteiger partial charge < -0.3 is 19.7 Å². The summed E-state index contributed by atoms with van der Waals surface area (Å²) in [5.41, 5.74) is 4.22. The maximum absolute atomic E-state index is 10.2. The van der Waals surface area contributed by atoms with Crippen molar-refractivity contribution in [3.63, 3.8) is 0 Å². The van der Waals surface area contributed by atoms with Gasteiger partial charge >= 0.3 is 0 Å². The molecule has 0 amide bonds. The first-order valence-electron chi connectivity index (χ1n) is 9.66. The molecule has 1 fully saturated rings. The molecule has 2 rings (SSSR count). The Hall–Kier alpha value is -1.43. The Morgan fingerprint density at radius 2 is 1.93 bits per heavy atom. The van der Waals surface area contributed by atoms with Gasteiger partial charge in [0.25, 0.3) is 0 Å². The topological polar surface area (TPSA) is 58.9 Å². The number of methoxy groups -OCH3 is 1. The summed E-state index contributed by atoms with van der Waals surface area (Å²) in [6.07, 6.45) is 3.50. The second-order valence-corrected chi connectivity index (χ2v) is 7.66. The lowest BCUT2D eigenvalue weighted by Crippen LogP contribution is -2.50. The number of hydrogen-bond acceptors (Lipinski definition) is 4. The molecule has 1 aliphatic heterocycles. The smallest absolute Gasteiger partial charge is 0.113 e. The Morgan fingerprint density at radius 1 is 1.29 bits per heavy atom. The summed E-state index contributed by atoms with van der Waals surface area (Å²) in [6.45, 7) is 8.04. The van der Waals surface area contributed by atoms with Gasteiger partial charge in [-0.25, -0.2) is 0 Å². The number of rotatable bonds is 8. The Kier molecular flexibility index (Phi) is 8.93. The minimum absolute atomic E-state index is 0.155. The van der Waals surface area contributed by atoms with Gasteiger partial charge in [-0.1, -0.05) is 61.0 Å². The Balaban J connectivity index is 2.06. The second-order valence-electron chi connectivity index (χ2n) is 7.25. The predicted octanol–water partition coefficient (Wildman–Crippen LogP) is 3.94. The van der Waals surface area contributed by atoms with E-state index in [1.807, 2.05) is 6.92 Å². The van der Waals surface area contributed by atoms with E-state index in [0.29, 0.717) is 17.0 Å². The van der Waals surface area contributed by atoms with Crippen molar-refractivity contribution in [3.8, 4) is 0 Å². The molecule has 2 N–H and O–H groups in total. The second kappa shape index (κ2) is 10.9. The number of aliphatic hydroxyl groups is 2. The molecule has 0 aromatic heterocycles. The lowest BCUT2D eigenvalue weighted by atomic mass is 9.93. The summed E-state index contributed by atoms with van der Waals surface area (Å²) >= 11 is 6.47. The van der Waals surface area contributed by atoms with Crippen molar-refractivity contribution in [3.05, 3.63) is 70.3 Å². The Morgan fingerprint density at radius 3 is 2.50 bits per heavy atom. The molecule has 28 heavy (non-hydrogen) atoms. The molecule has 154 valence electrons. The van der Waals surface area contributed by atoms with Crippen molar-refractivity contribution in [2.45, 2.75) is 57.5 Å². The van der Waals surface area contributed by atoms with Crippen LogP contribution < -0.4 is 0 Å². The fraction of sp³-hybridized carbons (Fsp3) is 0.478. The van der Waals surface area contributed by atoms with Crippen molar-refractivity contribution in [1.82, 2.24) is 0 Å². The van der Waals surface area contributed by atoms with Crippen LogP contribution >= 0.6 is 11.6 Å². The van der Waals surface area contributed by atoms with Crippen LogP contribution in [0.4, 0.5) is 0 Å². The quantitative estimate of drug-likeness (QED) is 0.642. The van der Waals surface area contributed by atoms with E-state index in [-0.39, 0.29) is 6.61 Å². The molecule has 4 nitrogen and oxygen atoms in total. The molecule has 5 heteroatoms. The largest absolute Gasteiger partial charge is 0.394 e. The molecule has 1 aromatic carbocycles. The molecule has 1 aliphatic rings. The van der Waals surface area contributed by atoms with Crippen molar-refractivity contribution in [2.24, 2.45) is 0 Å². The molecule has 0 bridgehead atoms. The number of ether oxygens (including phenoxy) is 2. The van der Waals surface area contributed by atoms with E-state index in [0.717, 1.165) is 18.4 Å². The monoisotopic (exact) mass is 406 g/mol.